The molecule has 1 rings (SSSR count). The number of carbonyl (C=O) groups excluding carboxylic acids is 1. The molecule has 0 aromatic rings. The second kappa shape index (κ2) is 2.26. The Morgan fingerprint density at radius 2 is 2.30 bits per heavy atom. The van der Waals surface area contributed by atoms with Gasteiger partial charge in [-0.2, -0.15) is 0 Å². The molecule has 3 N–H and O–H groups in total. The molecule has 1 unspecified atom stereocenters. The maximum absolute atomic E-state index is 10.5. The second-order valence-electron chi connectivity index (χ2n) is 2.15. The fraction of sp³-hybridized carbons (Fsp3) is 0.600. The highest BCUT2D eigenvalue weighted by atomic mass is 16.4. The van der Waals surface area contributed by atoms with Crippen LogP contribution < -0.4 is 5.32 Å². The molecule has 1 aliphatic heterocycles. The molecule has 1 saturated heterocycles. The van der Waals surface area contributed by atoms with Crippen LogP contribution in [0.15, 0.2) is 0 Å². The van der Waals surface area contributed by atoms with Gasteiger partial charge in [-0.05, 0) is 0 Å². The van der Waals surface area contributed by atoms with Crippen LogP contribution in [0, 0.1) is 0 Å². The van der Waals surface area contributed by atoms with Crippen molar-refractivity contribution in [1.82, 2.24) is 5.32 Å². The average molecular weight is 145 g/mol. The third kappa shape index (κ3) is 1.08. The summed E-state index contributed by atoms with van der Waals surface area (Å²) in [5.74, 6) is -1.71. The van der Waals surface area contributed by atoms with Crippen molar-refractivity contribution in [2.75, 3.05) is 0 Å². The Balaban J connectivity index is 2.57. The van der Waals surface area contributed by atoms with Gasteiger partial charge in [-0.3, -0.25) is 4.79 Å². The van der Waals surface area contributed by atoms with Gasteiger partial charge in [0.15, 0.2) is 0 Å². The molecule has 0 aromatic heterocycles. The highest BCUT2D eigenvalue weighted by molar-refractivity contribution is 5.90. The minimum absolute atomic E-state index is 0.0336. The van der Waals surface area contributed by atoms with Crippen LogP contribution >= 0.6 is 0 Å². The topological polar surface area (TPSA) is 86.6 Å². The smallest absolute Gasteiger partial charge is 0.326 e. The van der Waals surface area contributed by atoms with E-state index >= 15 is 0 Å². The Morgan fingerprint density at radius 1 is 1.70 bits per heavy atom. The molecule has 1 amide bonds. The minimum atomic E-state index is -1.15. The number of carbonyl (C=O) groups is 2. The van der Waals surface area contributed by atoms with Crippen LogP contribution in [0.2, 0.25) is 0 Å². The summed E-state index contributed by atoms with van der Waals surface area (Å²) < 4.78 is 0. The largest absolute Gasteiger partial charge is 0.480 e. The molecule has 1 heterocycles. The Hall–Kier alpha value is -1.10. The lowest BCUT2D eigenvalue weighted by Crippen LogP contribution is -2.33. The van der Waals surface area contributed by atoms with Gasteiger partial charge in [0.2, 0.25) is 5.91 Å². The van der Waals surface area contributed by atoms with Crippen molar-refractivity contribution in [3.8, 4) is 0 Å². The maximum atomic E-state index is 10.5. The molecular weight excluding hydrogens is 138 g/mol. The highest BCUT2D eigenvalue weighted by Crippen LogP contribution is 2.06. The first-order valence-electron chi connectivity index (χ1n) is 2.82. The van der Waals surface area contributed by atoms with Gasteiger partial charge in [0.25, 0.3) is 0 Å². The van der Waals surface area contributed by atoms with Crippen molar-refractivity contribution < 1.29 is 19.8 Å². The summed E-state index contributed by atoms with van der Waals surface area (Å²) in [7, 11) is 0. The minimum Gasteiger partial charge on any atom is -0.480 e. The van der Waals surface area contributed by atoms with E-state index < -0.39 is 24.0 Å². The molecule has 1 fully saturated rings. The molecule has 10 heavy (non-hydrogen) atoms. The van der Waals surface area contributed by atoms with Crippen LogP contribution in [0.5, 0.6) is 0 Å². The first-order chi connectivity index (χ1) is 4.61. The molecule has 0 bridgehead atoms. The van der Waals surface area contributed by atoms with E-state index in [2.05, 4.69) is 5.32 Å². The normalized spacial score (nSPS) is 31.9. The summed E-state index contributed by atoms with van der Waals surface area (Å²) in [4.78, 5) is 20.6. The highest BCUT2D eigenvalue weighted by Gasteiger charge is 2.34. The van der Waals surface area contributed by atoms with Gasteiger partial charge in [-0.1, -0.05) is 0 Å². The van der Waals surface area contributed by atoms with Gasteiger partial charge in [-0.25, -0.2) is 4.79 Å². The van der Waals surface area contributed by atoms with E-state index in [0.29, 0.717) is 0 Å². The molecule has 0 aromatic carbocycles. The lowest BCUT2D eigenvalue weighted by Gasteiger charge is -1.99. The van der Waals surface area contributed by atoms with E-state index in [1.54, 1.807) is 0 Å². The molecule has 5 nitrogen and oxygen atoms in total. The number of hydrogen-bond acceptors (Lipinski definition) is 3. The number of aliphatic hydroxyl groups excluding tert-OH is 1. The van der Waals surface area contributed by atoms with Crippen LogP contribution in [0.4, 0.5) is 0 Å². The van der Waals surface area contributed by atoms with Crippen molar-refractivity contribution in [2.24, 2.45) is 0 Å². The van der Waals surface area contributed by atoms with E-state index in [9.17, 15) is 9.59 Å². The van der Waals surface area contributed by atoms with Crippen molar-refractivity contribution in [1.29, 1.82) is 0 Å². The average Bonchev–Trinajstić information content (AvgIpc) is 2.13. The molecule has 1 aliphatic rings. The molecule has 0 saturated carbocycles. The number of aliphatic hydroxyl groups is 1. The van der Waals surface area contributed by atoms with Gasteiger partial charge in [0, 0.05) is 6.42 Å². The zero-order chi connectivity index (χ0) is 7.72. The summed E-state index contributed by atoms with van der Waals surface area (Å²) in [6, 6.07) is -0.914. The van der Waals surface area contributed by atoms with Crippen LogP contribution in [0.25, 0.3) is 0 Å². The van der Waals surface area contributed by atoms with Crippen LogP contribution in [0.3, 0.4) is 0 Å². The summed E-state index contributed by atoms with van der Waals surface area (Å²) in [6.45, 7) is 0. The van der Waals surface area contributed by atoms with Gasteiger partial charge in [0.1, 0.15) is 12.1 Å². The number of hydrogen-bond donors (Lipinski definition) is 3. The Morgan fingerprint density at radius 3 is 2.50 bits per heavy atom. The van der Waals surface area contributed by atoms with E-state index in [4.69, 9.17) is 10.2 Å². The summed E-state index contributed by atoms with van der Waals surface area (Å²) >= 11 is 0. The van der Waals surface area contributed by atoms with E-state index in [1.807, 2.05) is 0 Å². The third-order valence-corrected chi connectivity index (χ3v) is 1.38. The number of rotatable bonds is 1. The fourth-order valence-corrected chi connectivity index (χ4v) is 0.820. The lowest BCUT2D eigenvalue weighted by atomic mass is 10.2. The summed E-state index contributed by atoms with van der Waals surface area (Å²) in [5.41, 5.74) is 0. The number of carboxylic acid groups (broad SMARTS) is 1. The first-order valence-corrected chi connectivity index (χ1v) is 2.82. The number of aliphatic carboxylic acids is 1. The Kier molecular flexibility index (Phi) is 1.58. The molecule has 5 heteroatoms. The SMILES string of the molecule is O=C1N[C@@H](C(=O)O)CC1O. The zero-order valence-electron chi connectivity index (χ0n) is 5.07. The molecule has 0 spiro atoms. The van der Waals surface area contributed by atoms with Crippen LogP contribution in [0.1, 0.15) is 6.42 Å². The second-order valence-corrected chi connectivity index (χ2v) is 2.15. The first kappa shape index (κ1) is 7.01. The molecule has 56 valence electrons. The van der Waals surface area contributed by atoms with Gasteiger partial charge < -0.3 is 15.5 Å². The number of nitrogens with one attached hydrogen (secondary N) is 1. The molecular formula is C5H7NO4. The summed E-state index contributed by atoms with van der Waals surface area (Å²) in [5, 5.41) is 19.2. The monoisotopic (exact) mass is 145 g/mol. The van der Waals surface area contributed by atoms with Gasteiger partial charge in [0.05, 0.1) is 0 Å². The fourth-order valence-electron chi connectivity index (χ4n) is 0.820. The summed E-state index contributed by atoms with van der Waals surface area (Å²) in [6.07, 6.45) is -1.19. The van der Waals surface area contributed by atoms with Crippen molar-refractivity contribution in [2.45, 2.75) is 18.6 Å². The van der Waals surface area contributed by atoms with Crippen molar-refractivity contribution in [3.05, 3.63) is 0 Å². The standard InChI is InChI=1S/C5H7NO4/c7-3-1-2(5(9)10)6-4(3)8/h2-3,7H,1H2,(H,6,8)(H,9,10)/t2-,3?/m1/s1. The zero-order valence-corrected chi connectivity index (χ0v) is 5.07. The van der Waals surface area contributed by atoms with E-state index in [1.165, 1.54) is 0 Å². The van der Waals surface area contributed by atoms with E-state index in [-0.39, 0.29) is 6.42 Å². The maximum Gasteiger partial charge on any atom is 0.326 e. The number of carboxylic acids is 1. The van der Waals surface area contributed by atoms with Crippen molar-refractivity contribution in [3.63, 3.8) is 0 Å². The van der Waals surface area contributed by atoms with Crippen LogP contribution in [-0.4, -0.2) is 34.2 Å². The predicted molar refractivity (Wildman–Crippen MR) is 30.2 cm³/mol. The Labute approximate surface area is 56.7 Å². The van der Waals surface area contributed by atoms with Crippen LogP contribution in [-0.2, 0) is 9.59 Å². The third-order valence-electron chi connectivity index (χ3n) is 1.38. The molecule has 0 aliphatic carbocycles. The molecule has 0 radical (unpaired) electrons. The van der Waals surface area contributed by atoms with Crippen molar-refractivity contribution >= 4 is 11.9 Å². The van der Waals surface area contributed by atoms with Gasteiger partial charge >= 0.3 is 5.97 Å². The quantitative estimate of drug-likeness (QED) is 0.411. The van der Waals surface area contributed by atoms with Gasteiger partial charge in [-0.15, -0.1) is 0 Å². The number of amides is 1. The Bertz CT molecular complexity index is 178. The lowest BCUT2D eigenvalue weighted by molar-refractivity contribution is -0.140. The predicted octanol–water partition coefficient (Wildman–Crippen LogP) is -1.68. The van der Waals surface area contributed by atoms with E-state index in [0.717, 1.165) is 0 Å². The molecule has 2 atom stereocenters.